The van der Waals surface area contributed by atoms with E-state index in [4.69, 9.17) is 5.11 Å². The Bertz CT molecular complexity index is 711. The maximum Gasteiger partial charge on any atom is 0.311 e. The summed E-state index contributed by atoms with van der Waals surface area (Å²) in [5.74, 6) is -6.94. The molecule has 1 atom stereocenters. The van der Waals surface area contributed by atoms with Crippen molar-refractivity contribution in [3.63, 3.8) is 0 Å². The highest BCUT2D eigenvalue weighted by Gasteiger charge is 2.33. The Morgan fingerprint density at radius 1 is 1.29 bits per heavy atom. The minimum Gasteiger partial charge on any atom is -0.481 e. The fourth-order valence-electron chi connectivity index (χ4n) is 2.24. The molecule has 0 aliphatic rings. The number of nitrogens with one attached hydrogen (secondary N) is 1. The van der Waals surface area contributed by atoms with Crippen molar-refractivity contribution in [1.82, 2.24) is 9.97 Å². The molecule has 2 N–H and O–H groups in total. The van der Waals surface area contributed by atoms with Crippen molar-refractivity contribution in [2.75, 3.05) is 11.9 Å². The number of nitrogens with zero attached hydrogens (tertiary/aromatic N) is 2. The molecule has 2 aromatic rings. The molecule has 0 amide bonds. The lowest BCUT2D eigenvalue weighted by molar-refractivity contribution is -0.138. The van der Waals surface area contributed by atoms with Gasteiger partial charge in [0.15, 0.2) is 11.6 Å². The van der Waals surface area contributed by atoms with Gasteiger partial charge in [0.05, 0.1) is 12.5 Å². The molecule has 0 bridgehead atoms. The third-order valence-corrected chi connectivity index (χ3v) is 3.52. The van der Waals surface area contributed by atoms with Crippen LogP contribution in [0, 0.1) is 5.82 Å². The molecule has 0 aliphatic heterocycles. The topological polar surface area (TPSA) is 75.1 Å². The monoisotopic (exact) mass is 339 g/mol. The summed E-state index contributed by atoms with van der Waals surface area (Å²) >= 11 is 0. The van der Waals surface area contributed by atoms with Gasteiger partial charge in [0.2, 0.25) is 0 Å². The van der Waals surface area contributed by atoms with Crippen LogP contribution in [0.15, 0.2) is 36.7 Å². The molecule has 0 radical (unpaired) electrons. The van der Waals surface area contributed by atoms with E-state index in [1.54, 1.807) is 6.92 Å². The molecule has 0 saturated carbocycles. The third kappa shape index (κ3) is 3.81. The van der Waals surface area contributed by atoms with Gasteiger partial charge in [0.25, 0.3) is 0 Å². The highest BCUT2D eigenvalue weighted by molar-refractivity contribution is 5.76. The van der Waals surface area contributed by atoms with Gasteiger partial charge < -0.3 is 10.4 Å². The van der Waals surface area contributed by atoms with Crippen LogP contribution in [-0.4, -0.2) is 27.6 Å². The molecule has 5 nitrogen and oxygen atoms in total. The van der Waals surface area contributed by atoms with Gasteiger partial charge in [0.1, 0.15) is 5.69 Å². The van der Waals surface area contributed by atoms with Gasteiger partial charge in [-0.2, -0.15) is 8.78 Å². The van der Waals surface area contributed by atoms with Crippen LogP contribution in [0.25, 0.3) is 0 Å². The van der Waals surface area contributed by atoms with Crippen LogP contribution in [0.4, 0.5) is 19.0 Å². The maximum atomic E-state index is 14.4. The Balaban J connectivity index is 2.20. The third-order valence-electron chi connectivity index (χ3n) is 3.52. The van der Waals surface area contributed by atoms with Gasteiger partial charge in [-0.25, -0.2) is 9.37 Å². The van der Waals surface area contributed by atoms with Crippen LogP contribution >= 0.6 is 0 Å². The van der Waals surface area contributed by atoms with E-state index < -0.39 is 41.7 Å². The van der Waals surface area contributed by atoms with E-state index in [0.717, 1.165) is 0 Å². The zero-order chi connectivity index (χ0) is 17.7. The van der Waals surface area contributed by atoms with Gasteiger partial charge in [-0.3, -0.25) is 9.78 Å². The van der Waals surface area contributed by atoms with Crippen LogP contribution in [0.1, 0.15) is 30.5 Å². The van der Waals surface area contributed by atoms with Crippen LogP contribution in [0.3, 0.4) is 0 Å². The Morgan fingerprint density at radius 2 is 2.04 bits per heavy atom. The van der Waals surface area contributed by atoms with Gasteiger partial charge in [-0.15, -0.1) is 0 Å². The van der Waals surface area contributed by atoms with Crippen LogP contribution in [0.2, 0.25) is 0 Å². The number of pyridine rings is 2. The number of hydrogen-bond acceptors (Lipinski definition) is 4. The lowest BCUT2D eigenvalue weighted by atomic mass is 9.97. The summed E-state index contributed by atoms with van der Waals surface area (Å²) in [6, 6.07) is 5.34. The zero-order valence-electron chi connectivity index (χ0n) is 12.8. The Kier molecular flexibility index (Phi) is 5.38. The molecule has 2 aromatic heterocycles. The zero-order valence-corrected chi connectivity index (χ0v) is 12.8. The predicted octanol–water partition coefficient (Wildman–Crippen LogP) is 3.40. The average molecular weight is 339 g/mol. The standard InChI is InChI=1S/C16H16F3N3O2/c1-2-10(15(23)24)11-6-8-21-14(13(11)17)22-9-16(18,19)12-5-3-4-7-20-12/h3-8,10H,2,9H2,1H3,(H,21,22)(H,23,24). The molecule has 2 rings (SSSR count). The van der Waals surface area contributed by atoms with Crippen LogP contribution < -0.4 is 5.32 Å². The molecule has 8 heteroatoms. The minimum atomic E-state index is -3.33. The Labute approximate surface area is 136 Å². The number of anilines is 1. The SMILES string of the molecule is CCC(C(=O)O)c1ccnc(NCC(F)(F)c2ccccn2)c1F. The summed E-state index contributed by atoms with van der Waals surface area (Å²) < 4.78 is 42.5. The summed E-state index contributed by atoms with van der Waals surface area (Å²) in [7, 11) is 0. The Hall–Kier alpha value is -2.64. The largest absolute Gasteiger partial charge is 0.481 e. The first kappa shape index (κ1) is 17.7. The van der Waals surface area contributed by atoms with Gasteiger partial charge in [-0.1, -0.05) is 13.0 Å². The molecule has 0 spiro atoms. The highest BCUT2D eigenvalue weighted by Crippen LogP contribution is 2.29. The summed E-state index contributed by atoms with van der Waals surface area (Å²) in [4.78, 5) is 18.4. The number of alkyl halides is 2. The molecule has 0 aliphatic carbocycles. The van der Waals surface area contributed by atoms with Crippen LogP contribution in [-0.2, 0) is 10.7 Å². The summed E-state index contributed by atoms with van der Waals surface area (Å²) in [5, 5.41) is 11.4. The van der Waals surface area contributed by atoms with Crippen molar-refractivity contribution in [2.24, 2.45) is 0 Å². The lowest BCUT2D eigenvalue weighted by Crippen LogP contribution is -2.26. The molecule has 2 heterocycles. The quantitative estimate of drug-likeness (QED) is 0.809. The molecule has 0 saturated heterocycles. The van der Waals surface area contributed by atoms with E-state index in [1.165, 1.54) is 36.7 Å². The van der Waals surface area contributed by atoms with Crippen molar-refractivity contribution >= 4 is 11.8 Å². The molecular formula is C16H16F3N3O2. The van der Waals surface area contributed by atoms with Crippen molar-refractivity contribution in [3.05, 3.63) is 53.7 Å². The average Bonchev–Trinajstić information content (AvgIpc) is 2.56. The van der Waals surface area contributed by atoms with E-state index in [0.29, 0.717) is 0 Å². The van der Waals surface area contributed by atoms with Crippen molar-refractivity contribution in [1.29, 1.82) is 0 Å². The number of halogens is 3. The second kappa shape index (κ2) is 7.29. The first-order chi connectivity index (χ1) is 11.4. The highest BCUT2D eigenvalue weighted by atomic mass is 19.3. The van der Waals surface area contributed by atoms with E-state index in [2.05, 4.69) is 15.3 Å². The lowest BCUT2D eigenvalue weighted by Gasteiger charge is -2.18. The second-order valence-electron chi connectivity index (χ2n) is 5.13. The van der Waals surface area contributed by atoms with Crippen molar-refractivity contribution < 1.29 is 23.1 Å². The molecule has 0 aromatic carbocycles. The number of hydrogen-bond donors (Lipinski definition) is 2. The fourth-order valence-corrected chi connectivity index (χ4v) is 2.24. The number of aliphatic carboxylic acids is 1. The van der Waals surface area contributed by atoms with E-state index in [-0.39, 0.29) is 12.0 Å². The first-order valence-electron chi connectivity index (χ1n) is 7.27. The summed E-state index contributed by atoms with van der Waals surface area (Å²) in [5.41, 5.74) is -0.547. The van der Waals surface area contributed by atoms with Crippen LogP contribution in [0.5, 0.6) is 0 Å². The number of carboxylic acid groups (broad SMARTS) is 1. The van der Waals surface area contributed by atoms with Crippen molar-refractivity contribution in [2.45, 2.75) is 25.2 Å². The molecule has 128 valence electrons. The molecular weight excluding hydrogens is 323 g/mol. The molecule has 24 heavy (non-hydrogen) atoms. The summed E-state index contributed by atoms with van der Waals surface area (Å²) in [6.45, 7) is 0.683. The van der Waals surface area contributed by atoms with E-state index >= 15 is 0 Å². The number of rotatable bonds is 7. The maximum absolute atomic E-state index is 14.4. The molecule has 0 fully saturated rings. The number of aromatic nitrogens is 2. The smallest absolute Gasteiger partial charge is 0.311 e. The number of carbonyl (C=O) groups is 1. The van der Waals surface area contributed by atoms with Gasteiger partial charge in [-0.05, 0) is 24.6 Å². The van der Waals surface area contributed by atoms with Gasteiger partial charge in [0, 0.05) is 18.0 Å². The normalized spacial score (nSPS) is 12.7. The van der Waals surface area contributed by atoms with E-state index in [9.17, 15) is 18.0 Å². The first-order valence-corrected chi connectivity index (χ1v) is 7.27. The Morgan fingerprint density at radius 3 is 2.62 bits per heavy atom. The van der Waals surface area contributed by atoms with Crippen molar-refractivity contribution in [3.8, 4) is 0 Å². The summed E-state index contributed by atoms with van der Waals surface area (Å²) in [6.07, 6.45) is 2.59. The fraction of sp³-hybridized carbons (Fsp3) is 0.312. The molecule has 1 unspecified atom stereocenters. The minimum absolute atomic E-state index is 0.0938. The van der Waals surface area contributed by atoms with Gasteiger partial charge >= 0.3 is 11.9 Å². The second-order valence-corrected chi connectivity index (χ2v) is 5.13. The predicted molar refractivity (Wildman–Crippen MR) is 81.5 cm³/mol. The van der Waals surface area contributed by atoms with E-state index in [1.807, 2.05) is 0 Å². The number of carboxylic acids is 1.